The Morgan fingerprint density at radius 2 is 1.73 bits per heavy atom. The Balaban J connectivity index is 0.00000312. The van der Waals surface area contributed by atoms with Crippen molar-refractivity contribution < 1.29 is 4.79 Å². The van der Waals surface area contributed by atoms with E-state index in [2.05, 4.69) is 54.4 Å². The van der Waals surface area contributed by atoms with E-state index in [4.69, 9.17) is 0 Å². The molecule has 0 bridgehead atoms. The minimum atomic E-state index is 0. The van der Waals surface area contributed by atoms with E-state index in [9.17, 15) is 4.79 Å². The number of hydrogen-bond donors (Lipinski definition) is 1. The molecular formula is C20H35Cl2N3O. The third-order valence-corrected chi connectivity index (χ3v) is 5.23. The first-order chi connectivity index (χ1) is 11.4. The van der Waals surface area contributed by atoms with Crippen molar-refractivity contribution in [3.8, 4) is 0 Å². The van der Waals surface area contributed by atoms with E-state index in [1.807, 2.05) is 25.9 Å². The van der Waals surface area contributed by atoms with Crippen molar-refractivity contribution in [2.75, 3.05) is 33.7 Å². The number of carbonyl (C=O) groups is 1. The van der Waals surface area contributed by atoms with Crippen LogP contribution in [0.4, 0.5) is 0 Å². The highest BCUT2D eigenvalue weighted by Crippen LogP contribution is 2.28. The maximum absolute atomic E-state index is 12.7. The van der Waals surface area contributed by atoms with Crippen molar-refractivity contribution >= 4 is 30.7 Å². The van der Waals surface area contributed by atoms with Gasteiger partial charge in [0.15, 0.2) is 0 Å². The van der Waals surface area contributed by atoms with Crippen molar-refractivity contribution in [2.45, 2.75) is 33.4 Å². The number of carbonyl (C=O) groups excluding carboxylic acids is 1. The van der Waals surface area contributed by atoms with Crippen LogP contribution in [-0.4, -0.2) is 55.5 Å². The van der Waals surface area contributed by atoms with Crippen molar-refractivity contribution in [3.05, 3.63) is 35.9 Å². The second-order valence-corrected chi connectivity index (χ2v) is 7.53. The van der Waals surface area contributed by atoms with Crippen LogP contribution in [0, 0.1) is 17.8 Å². The van der Waals surface area contributed by atoms with Gasteiger partial charge in [-0.05, 0) is 24.4 Å². The summed E-state index contributed by atoms with van der Waals surface area (Å²) < 4.78 is 0. The van der Waals surface area contributed by atoms with Crippen LogP contribution in [-0.2, 0) is 11.3 Å². The summed E-state index contributed by atoms with van der Waals surface area (Å²) in [5, 5.41) is 3.11. The first-order valence-electron chi connectivity index (χ1n) is 9.11. The number of benzene rings is 1. The largest absolute Gasteiger partial charge is 0.342 e. The van der Waals surface area contributed by atoms with Gasteiger partial charge in [-0.15, -0.1) is 24.8 Å². The van der Waals surface area contributed by atoms with Gasteiger partial charge in [0.05, 0.1) is 0 Å². The fourth-order valence-electron chi connectivity index (χ4n) is 4.29. The Kier molecular flexibility index (Phi) is 11.4. The number of nitrogens with one attached hydrogen (secondary N) is 1. The average molecular weight is 404 g/mol. The number of amides is 1. The number of halogens is 2. The molecule has 4 nitrogen and oxygen atoms in total. The van der Waals surface area contributed by atoms with Crippen molar-refractivity contribution in [2.24, 2.45) is 17.8 Å². The molecule has 26 heavy (non-hydrogen) atoms. The topological polar surface area (TPSA) is 35.6 Å². The van der Waals surface area contributed by atoms with Crippen molar-refractivity contribution in [3.63, 3.8) is 0 Å². The molecule has 1 fully saturated rings. The molecule has 2 rings (SSSR count). The quantitative estimate of drug-likeness (QED) is 0.790. The summed E-state index contributed by atoms with van der Waals surface area (Å²) in [4.78, 5) is 17.2. The van der Waals surface area contributed by atoms with E-state index in [0.29, 0.717) is 17.9 Å². The summed E-state index contributed by atoms with van der Waals surface area (Å²) in [5.74, 6) is 1.24. The standard InChI is InChI=1S/C20H33N3O.2ClH/c1-15(11-21-4)20(24)22(5)19-16(2)12-23(13-17(19)3)14-18-9-7-6-8-10-18;;/h6-10,15-17,19,21H,11-14H2,1-5H3;2*1H. The highest BCUT2D eigenvalue weighted by Gasteiger charge is 2.37. The fourth-order valence-corrected chi connectivity index (χ4v) is 4.29. The van der Waals surface area contributed by atoms with E-state index in [1.165, 1.54) is 5.56 Å². The Morgan fingerprint density at radius 3 is 2.23 bits per heavy atom. The van der Waals surface area contributed by atoms with E-state index >= 15 is 0 Å². The molecule has 1 saturated heterocycles. The molecule has 0 aliphatic carbocycles. The molecule has 1 amide bonds. The lowest BCUT2D eigenvalue weighted by Gasteiger charge is -2.46. The van der Waals surface area contributed by atoms with Gasteiger partial charge in [0.25, 0.3) is 0 Å². The molecule has 1 aromatic rings. The molecule has 1 aliphatic heterocycles. The summed E-state index contributed by atoms with van der Waals surface area (Å²) in [6, 6.07) is 11.0. The predicted molar refractivity (Wildman–Crippen MR) is 114 cm³/mol. The van der Waals surface area contributed by atoms with Crippen LogP contribution in [0.1, 0.15) is 26.3 Å². The number of rotatable bonds is 6. The van der Waals surface area contributed by atoms with E-state index < -0.39 is 0 Å². The first-order valence-corrected chi connectivity index (χ1v) is 9.11. The highest BCUT2D eigenvalue weighted by atomic mass is 35.5. The fraction of sp³-hybridized carbons (Fsp3) is 0.650. The maximum atomic E-state index is 12.7. The number of piperidine rings is 1. The minimum absolute atomic E-state index is 0. The van der Waals surface area contributed by atoms with E-state index in [1.54, 1.807) is 0 Å². The molecular weight excluding hydrogens is 369 g/mol. The van der Waals surface area contributed by atoms with E-state index in [0.717, 1.165) is 26.2 Å². The van der Waals surface area contributed by atoms with Crippen molar-refractivity contribution in [1.82, 2.24) is 15.1 Å². The summed E-state index contributed by atoms with van der Waals surface area (Å²) in [6.45, 7) is 10.4. The lowest BCUT2D eigenvalue weighted by molar-refractivity contribution is -0.139. The summed E-state index contributed by atoms with van der Waals surface area (Å²) in [7, 11) is 3.89. The Hall–Kier alpha value is -0.810. The van der Waals surface area contributed by atoms with Crippen LogP contribution in [0.25, 0.3) is 0 Å². The molecule has 150 valence electrons. The second-order valence-electron chi connectivity index (χ2n) is 7.53. The first kappa shape index (κ1) is 25.2. The van der Waals surface area contributed by atoms with Gasteiger partial charge in [-0.25, -0.2) is 0 Å². The smallest absolute Gasteiger partial charge is 0.226 e. The maximum Gasteiger partial charge on any atom is 0.226 e. The van der Waals surface area contributed by atoms with Crippen LogP contribution in [0.2, 0.25) is 0 Å². The van der Waals surface area contributed by atoms with Gasteiger partial charge < -0.3 is 10.2 Å². The SMILES string of the molecule is CNCC(C)C(=O)N(C)C1C(C)CN(Cc2ccccc2)CC1C.Cl.Cl. The van der Waals surface area contributed by atoms with Gasteiger partial charge in [-0.3, -0.25) is 9.69 Å². The number of hydrogen-bond acceptors (Lipinski definition) is 3. The van der Waals surface area contributed by atoms with Crippen molar-refractivity contribution in [1.29, 1.82) is 0 Å². The van der Waals surface area contributed by atoms with Crippen LogP contribution >= 0.6 is 24.8 Å². The van der Waals surface area contributed by atoms with E-state index in [-0.39, 0.29) is 36.6 Å². The predicted octanol–water partition coefficient (Wildman–Crippen LogP) is 3.30. The van der Waals surface area contributed by atoms with Gasteiger partial charge in [-0.2, -0.15) is 0 Å². The third-order valence-electron chi connectivity index (χ3n) is 5.23. The Labute approximate surface area is 171 Å². The number of likely N-dealkylation sites (tertiary alicyclic amines) is 1. The molecule has 0 saturated carbocycles. The molecule has 1 aromatic carbocycles. The monoisotopic (exact) mass is 403 g/mol. The third kappa shape index (κ3) is 6.41. The van der Waals surface area contributed by atoms with Crippen LogP contribution < -0.4 is 5.32 Å². The number of nitrogens with zero attached hydrogens (tertiary/aromatic N) is 2. The zero-order valence-electron chi connectivity index (χ0n) is 16.6. The molecule has 0 aromatic heterocycles. The highest BCUT2D eigenvalue weighted by molar-refractivity contribution is 5.85. The van der Waals surface area contributed by atoms with Gasteiger partial charge >= 0.3 is 0 Å². The summed E-state index contributed by atoms with van der Waals surface area (Å²) in [5.41, 5.74) is 1.36. The molecule has 3 atom stereocenters. The molecule has 6 heteroatoms. The normalized spacial score (nSPS) is 24.1. The summed E-state index contributed by atoms with van der Waals surface area (Å²) >= 11 is 0. The minimum Gasteiger partial charge on any atom is -0.342 e. The lowest BCUT2D eigenvalue weighted by Crippen LogP contribution is -2.56. The lowest BCUT2D eigenvalue weighted by atomic mass is 9.84. The molecule has 1 heterocycles. The Morgan fingerprint density at radius 1 is 1.19 bits per heavy atom. The van der Waals surface area contributed by atoms with Crippen LogP contribution in [0.3, 0.4) is 0 Å². The molecule has 1 N–H and O–H groups in total. The second kappa shape index (κ2) is 11.8. The van der Waals surface area contributed by atoms with Crippen LogP contribution in [0.15, 0.2) is 30.3 Å². The van der Waals surface area contributed by atoms with Gasteiger partial charge in [0.1, 0.15) is 0 Å². The van der Waals surface area contributed by atoms with Gasteiger partial charge in [0.2, 0.25) is 5.91 Å². The van der Waals surface area contributed by atoms with Gasteiger partial charge in [0, 0.05) is 45.2 Å². The molecule has 3 unspecified atom stereocenters. The van der Waals surface area contributed by atoms with Gasteiger partial charge in [-0.1, -0.05) is 51.1 Å². The summed E-state index contributed by atoms with van der Waals surface area (Å²) in [6.07, 6.45) is 0. The average Bonchev–Trinajstić information content (AvgIpc) is 2.54. The zero-order valence-corrected chi connectivity index (χ0v) is 18.3. The zero-order chi connectivity index (χ0) is 17.7. The molecule has 1 aliphatic rings. The molecule has 0 radical (unpaired) electrons. The molecule has 0 spiro atoms. The Bertz CT molecular complexity index is 517. The van der Waals surface area contributed by atoms with Crippen LogP contribution in [0.5, 0.6) is 0 Å².